The molecule has 0 bridgehead atoms. The van der Waals surface area contributed by atoms with Crippen LogP contribution in [-0.4, -0.2) is 55.8 Å². The first kappa shape index (κ1) is 13.5. The summed E-state index contributed by atoms with van der Waals surface area (Å²) in [5, 5.41) is 0. The molecule has 2 saturated heterocycles. The lowest BCUT2D eigenvalue weighted by Crippen LogP contribution is -2.41. The molecule has 4 nitrogen and oxygen atoms in total. The highest BCUT2D eigenvalue weighted by molar-refractivity contribution is 5.40. The zero-order valence-corrected chi connectivity index (χ0v) is 12.7. The van der Waals surface area contributed by atoms with E-state index in [-0.39, 0.29) is 0 Å². The first-order valence-electron chi connectivity index (χ1n) is 8.29. The molecule has 1 spiro atoms. The number of ether oxygens (including phenoxy) is 1. The fourth-order valence-corrected chi connectivity index (χ4v) is 3.82. The predicted octanol–water partition coefficient (Wildman–Crippen LogP) is 2.02. The van der Waals surface area contributed by atoms with Crippen molar-refractivity contribution >= 4 is 5.82 Å². The van der Waals surface area contributed by atoms with Gasteiger partial charge in [0.1, 0.15) is 5.82 Å². The normalized spacial score (nSPS) is 30.8. The van der Waals surface area contributed by atoms with E-state index in [1.807, 2.05) is 12.3 Å². The van der Waals surface area contributed by atoms with Crippen LogP contribution in [0.15, 0.2) is 24.4 Å². The predicted molar refractivity (Wildman–Crippen MR) is 83.5 cm³/mol. The first-order chi connectivity index (χ1) is 10.3. The quantitative estimate of drug-likeness (QED) is 0.850. The van der Waals surface area contributed by atoms with Gasteiger partial charge in [-0.1, -0.05) is 6.07 Å². The van der Waals surface area contributed by atoms with E-state index in [2.05, 4.69) is 26.9 Å². The van der Waals surface area contributed by atoms with Crippen LogP contribution in [-0.2, 0) is 4.74 Å². The third-order valence-electron chi connectivity index (χ3n) is 5.14. The van der Waals surface area contributed by atoms with E-state index in [9.17, 15) is 0 Å². The third-order valence-corrected chi connectivity index (χ3v) is 5.14. The molecular formula is C17H25N3O. The molecule has 0 aromatic carbocycles. The molecule has 2 aliphatic heterocycles. The molecule has 1 aliphatic carbocycles. The van der Waals surface area contributed by atoms with Gasteiger partial charge in [0.25, 0.3) is 0 Å². The lowest BCUT2D eigenvalue weighted by atomic mass is 9.87. The van der Waals surface area contributed by atoms with Crippen LogP contribution in [0.3, 0.4) is 0 Å². The van der Waals surface area contributed by atoms with Gasteiger partial charge in [0.05, 0.1) is 13.2 Å². The van der Waals surface area contributed by atoms with Gasteiger partial charge in [-0.25, -0.2) is 4.98 Å². The Morgan fingerprint density at radius 1 is 1.24 bits per heavy atom. The fourth-order valence-electron chi connectivity index (χ4n) is 3.82. The lowest BCUT2D eigenvalue weighted by molar-refractivity contribution is 0.0798. The zero-order valence-electron chi connectivity index (χ0n) is 12.7. The van der Waals surface area contributed by atoms with Gasteiger partial charge >= 0.3 is 0 Å². The average Bonchev–Trinajstić information content (AvgIpc) is 3.26. The molecule has 4 heteroatoms. The van der Waals surface area contributed by atoms with Gasteiger partial charge < -0.3 is 14.5 Å². The van der Waals surface area contributed by atoms with E-state index in [1.165, 1.54) is 32.4 Å². The molecule has 3 fully saturated rings. The molecule has 1 unspecified atom stereocenters. The van der Waals surface area contributed by atoms with Crippen LogP contribution in [0.5, 0.6) is 0 Å². The molecule has 21 heavy (non-hydrogen) atoms. The Labute approximate surface area is 127 Å². The number of pyridine rings is 1. The van der Waals surface area contributed by atoms with E-state index in [1.54, 1.807) is 0 Å². The largest absolute Gasteiger partial charge is 0.379 e. The lowest BCUT2D eigenvalue weighted by Gasteiger charge is -2.32. The maximum Gasteiger partial charge on any atom is 0.128 e. The minimum atomic E-state index is 0.308. The number of anilines is 1. The molecule has 1 saturated carbocycles. The third kappa shape index (κ3) is 3.06. The Hall–Kier alpha value is -1.13. The maximum atomic E-state index is 5.96. The van der Waals surface area contributed by atoms with E-state index in [4.69, 9.17) is 4.74 Å². The number of aromatic nitrogens is 1. The van der Waals surface area contributed by atoms with Crippen molar-refractivity contribution in [2.24, 2.45) is 11.3 Å². The van der Waals surface area contributed by atoms with Gasteiger partial charge in [-0.3, -0.25) is 0 Å². The van der Waals surface area contributed by atoms with Crippen LogP contribution in [0, 0.1) is 11.3 Å². The molecule has 1 atom stereocenters. The summed E-state index contributed by atoms with van der Waals surface area (Å²) in [6.45, 7) is 7.61. The van der Waals surface area contributed by atoms with Crippen LogP contribution in [0.1, 0.15) is 19.3 Å². The Bertz CT molecular complexity index is 476. The summed E-state index contributed by atoms with van der Waals surface area (Å²) in [5.41, 5.74) is 0.308. The topological polar surface area (TPSA) is 28.6 Å². The van der Waals surface area contributed by atoms with Crippen LogP contribution in [0.4, 0.5) is 5.82 Å². The van der Waals surface area contributed by atoms with Gasteiger partial charge in [-0.15, -0.1) is 0 Å². The van der Waals surface area contributed by atoms with Crippen LogP contribution >= 0.6 is 0 Å². The number of hydrogen-bond donors (Lipinski definition) is 0. The van der Waals surface area contributed by atoms with Crippen molar-refractivity contribution in [3.8, 4) is 0 Å². The monoisotopic (exact) mass is 287 g/mol. The van der Waals surface area contributed by atoms with E-state index in [0.717, 1.165) is 44.6 Å². The molecule has 0 amide bonds. The summed E-state index contributed by atoms with van der Waals surface area (Å²) < 4.78 is 5.96. The van der Waals surface area contributed by atoms with Crippen molar-refractivity contribution in [2.45, 2.75) is 19.3 Å². The Kier molecular flexibility index (Phi) is 3.59. The minimum absolute atomic E-state index is 0.308. The number of rotatable bonds is 3. The summed E-state index contributed by atoms with van der Waals surface area (Å²) in [5.74, 6) is 2.08. The van der Waals surface area contributed by atoms with Crippen molar-refractivity contribution in [3.05, 3.63) is 24.4 Å². The van der Waals surface area contributed by atoms with Gasteiger partial charge in [-0.2, -0.15) is 0 Å². The van der Waals surface area contributed by atoms with Gasteiger partial charge in [-0.05, 0) is 37.3 Å². The molecule has 3 heterocycles. The first-order valence-corrected chi connectivity index (χ1v) is 8.29. The molecule has 1 aromatic rings. The number of nitrogens with zero attached hydrogens (tertiary/aromatic N) is 3. The second-order valence-corrected chi connectivity index (χ2v) is 7.09. The van der Waals surface area contributed by atoms with Crippen molar-refractivity contribution in [2.75, 3.05) is 50.8 Å². The highest BCUT2D eigenvalue weighted by Crippen LogP contribution is 2.37. The Balaban J connectivity index is 1.45. The average molecular weight is 287 g/mol. The smallest absolute Gasteiger partial charge is 0.128 e. The van der Waals surface area contributed by atoms with Crippen molar-refractivity contribution in [3.63, 3.8) is 0 Å². The maximum absolute atomic E-state index is 5.96. The van der Waals surface area contributed by atoms with Crippen molar-refractivity contribution in [1.29, 1.82) is 0 Å². The summed E-state index contributed by atoms with van der Waals surface area (Å²) in [4.78, 5) is 9.60. The van der Waals surface area contributed by atoms with Gasteiger partial charge in [0.2, 0.25) is 0 Å². The Morgan fingerprint density at radius 2 is 2.19 bits per heavy atom. The van der Waals surface area contributed by atoms with Crippen LogP contribution in [0.2, 0.25) is 0 Å². The molecule has 1 aromatic heterocycles. The standard InChI is InChI=1S/C17H25N3O/c1-2-7-18-16(3-1)20-8-6-17(13-20)12-19(9-10-21-14-17)11-15-4-5-15/h1-3,7,15H,4-6,8-14H2. The highest BCUT2D eigenvalue weighted by Gasteiger charge is 2.42. The van der Waals surface area contributed by atoms with E-state index < -0.39 is 0 Å². The molecule has 3 aliphatic rings. The van der Waals surface area contributed by atoms with Crippen LogP contribution < -0.4 is 4.90 Å². The number of hydrogen-bond acceptors (Lipinski definition) is 4. The summed E-state index contributed by atoms with van der Waals surface area (Å²) in [7, 11) is 0. The zero-order chi connectivity index (χ0) is 14.1. The van der Waals surface area contributed by atoms with Crippen LogP contribution in [0.25, 0.3) is 0 Å². The molecule has 114 valence electrons. The summed E-state index contributed by atoms with van der Waals surface area (Å²) >= 11 is 0. The molecule has 0 N–H and O–H groups in total. The second-order valence-electron chi connectivity index (χ2n) is 7.09. The molecule has 0 radical (unpaired) electrons. The Morgan fingerprint density at radius 3 is 3.00 bits per heavy atom. The van der Waals surface area contributed by atoms with Gasteiger partial charge in [0.15, 0.2) is 0 Å². The molecule has 4 rings (SSSR count). The van der Waals surface area contributed by atoms with E-state index >= 15 is 0 Å². The second kappa shape index (κ2) is 5.58. The van der Waals surface area contributed by atoms with Crippen molar-refractivity contribution < 1.29 is 4.74 Å². The minimum Gasteiger partial charge on any atom is -0.379 e. The van der Waals surface area contributed by atoms with E-state index in [0.29, 0.717) is 5.41 Å². The summed E-state index contributed by atoms with van der Waals surface area (Å²) in [6.07, 6.45) is 5.99. The highest BCUT2D eigenvalue weighted by atomic mass is 16.5. The SMILES string of the molecule is c1ccc(N2CCC3(COCCN(CC4CC4)C3)C2)nc1. The van der Waals surface area contributed by atoms with Crippen molar-refractivity contribution in [1.82, 2.24) is 9.88 Å². The molecular weight excluding hydrogens is 262 g/mol. The summed E-state index contributed by atoms with van der Waals surface area (Å²) in [6, 6.07) is 6.19. The van der Waals surface area contributed by atoms with Gasteiger partial charge in [0, 0.05) is 44.3 Å². The fraction of sp³-hybridized carbons (Fsp3) is 0.706.